The number of hydrogen-bond acceptors (Lipinski definition) is 2. The topological polar surface area (TPSA) is 21.3 Å². The van der Waals surface area contributed by atoms with Crippen molar-refractivity contribution < 1.29 is 4.74 Å². The molecule has 1 fully saturated rings. The van der Waals surface area contributed by atoms with Gasteiger partial charge in [-0.25, -0.2) is 0 Å². The van der Waals surface area contributed by atoms with Crippen LogP contribution in [0.15, 0.2) is 12.7 Å². The molecule has 1 saturated carbocycles. The van der Waals surface area contributed by atoms with Gasteiger partial charge in [0.1, 0.15) is 0 Å². The molecule has 1 aliphatic carbocycles. The lowest BCUT2D eigenvalue weighted by Crippen LogP contribution is -2.26. The van der Waals surface area contributed by atoms with Gasteiger partial charge in [-0.1, -0.05) is 31.8 Å². The van der Waals surface area contributed by atoms with Crippen LogP contribution in [0.5, 0.6) is 0 Å². The van der Waals surface area contributed by atoms with Gasteiger partial charge >= 0.3 is 0 Å². The molecule has 0 saturated heterocycles. The van der Waals surface area contributed by atoms with Gasteiger partial charge in [-0.05, 0) is 31.7 Å². The van der Waals surface area contributed by atoms with Crippen molar-refractivity contribution in [1.29, 1.82) is 0 Å². The molecule has 0 aromatic carbocycles. The number of nitrogens with one attached hydrogen (secondary N) is 1. The van der Waals surface area contributed by atoms with Gasteiger partial charge in [-0.2, -0.15) is 0 Å². The van der Waals surface area contributed by atoms with Crippen LogP contribution < -0.4 is 5.32 Å². The summed E-state index contributed by atoms with van der Waals surface area (Å²) in [5.41, 5.74) is 0. The van der Waals surface area contributed by atoms with Crippen molar-refractivity contribution in [2.45, 2.75) is 44.9 Å². The standard InChI is InChI=1S/C14H27NO/c1-2-3-11-16-12-10-15-13-14-8-6-4-5-7-9-14/h2,14-15H,1,3-13H2. The molecule has 0 bridgehead atoms. The summed E-state index contributed by atoms with van der Waals surface area (Å²) in [4.78, 5) is 0. The molecule has 0 aliphatic heterocycles. The molecule has 1 aliphatic rings. The van der Waals surface area contributed by atoms with Crippen molar-refractivity contribution in [3.63, 3.8) is 0 Å². The van der Waals surface area contributed by atoms with Crippen LogP contribution in [0, 0.1) is 5.92 Å². The molecule has 0 aromatic heterocycles. The van der Waals surface area contributed by atoms with Crippen molar-refractivity contribution in [3.05, 3.63) is 12.7 Å². The van der Waals surface area contributed by atoms with E-state index in [9.17, 15) is 0 Å². The molecule has 0 heterocycles. The first-order chi connectivity index (χ1) is 7.93. The van der Waals surface area contributed by atoms with Gasteiger partial charge in [-0.3, -0.25) is 0 Å². The summed E-state index contributed by atoms with van der Waals surface area (Å²) in [5.74, 6) is 0.913. The third kappa shape index (κ3) is 7.02. The molecule has 0 radical (unpaired) electrons. The van der Waals surface area contributed by atoms with E-state index in [0.717, 1.165) is 32.1 Å². The van der Waals surface area contributed by atoms with Gasteiger partial charge in [0.15, 0.2) is 0 Å². The second-order valence-electron chi connectivity index (χ2n) is 4.75. The highest BCUT2D eigenvalue weighted by Crippen LogP contribution is 2.21. The Balaban J connectivity index is 1.87. The van der Waals surface area contributed by atoms with Gasteiger partial charge in [0.2, 0.25) is 0 Å². The second kappa shape index (κ2) is 9.86. The molecular weight excluding hydrogens is 198 g/mol. The SMILES string of the molecule is C=CCCOCCNCC1CCCCCC1. The predicted molar refractivity (Wildman–Crippen MR) is 69.7 cm³/mol. The van der Waals surface area contributed by atoms with Crippen LogP contribution in [-0.4, -0.2) is 26.3 Å². The Morgan fingerprint density at radius 2 is 1.88 bits per heavy atom. The van der Waals surface area contributed by atoms with Gasteiger partial charge in [0.05, 0.1) is 13.2 Å². The molecule has 1 rings (SSSR count). The monoisotopic (exact) mass is 225 g/mol. The molecule has 2 nitrogen and oxygen atoms in total. The summed E-state index contributed by atoms with van der Waals surface area (Å²) < 4.78 is 5.45. The average Bonchev–Trinajstić information content (AvgIpc) is 2.56. The normalized spacial score (nSPS) is 18.2. The van der Waals surface area contributed by atoms with Crippen LogP contribution in [0.25, 0.3) is 0 Å². The fourth-order valence-corrected chi connectivity index (χ4v) is 2.29. The molecule has 0 unspecified atom stereocenters. The van der Waals surface area contributed by atoms with Crippen molar-refractivity contribution in [3.8, 4) is 0 Å². The van der Waals surface area contributed by atoms with Crippen molar-refractivity contribution in [2.24, 2.45) is 5.92 Å². The lowest BCUT2D eigenvalue weighted by molar-refractivity contribution is 0.139. The van der Waals surface area contributed by atoms with Gasteiger partial charge in [-0.15, -0.1) is 6.58 Å². The van der Waals surface area contributed by atoms with Crippen LogP contribution >= 0.6 is 0 Å². The molecule has 1 N–H and O–H groups in total. The Bertz CT molecular complexity index is 162. The van der Waals surface area contributed by atoms with E-state index in [0.29, 0.717) is 0 Å². The zero-order chi connectivity index (χ0) is 11.5. The van der Waals surface area contributed by atoms with Crippen LogP contribution in [-0.2, 0) is 4.74 Å². The Kier molecular flexibility index (Phi) is 8.45. The van der Waals surface area contributed by atoms with E-state index < -0.39 is 0 Å². The van der Waals surface area contributed by atoms with E-state index in [1.165, 1.54) is 45.1 Å². The molecule has 0 amide bonds. The summed E-state index contributed by atoms with van der Waals surface area (Å²) in [6.07, 6.45) is 11.5. The molecule has 2 heteroatoms. The van der Waals surface area contributed by atoms with Crippen molar-refractivity contribution in [2.75, 3.05) is 26.3 Å². The Morgan fingerprint density at radius 1 is 1.12 bits per heavy atom. The van der Waals surface area contributed by atoms with Crippen LogP contribution in [0.2, 0.25) is 0 Å². The molecule has 94 valence electrons. The minimum absolute atomic E-state index is 0.814. The van der Waals surface area contributed by atoms with E-state index in [-0.39, 0.29) is 0 Å². The number of ether oxygens (including phenoxy) is 1. The zero-order valence-electron chi connectivity index (χ0n) is 10.5. The maximum atomic E-state index is 5.45. The Labute approximate surface area is 100 Å². The second-order valence-corrected chi connectivity index (χ2v) is 4.75. The van der Waals surface area contributed by atoms with Gasteiger partial charge < -0.3 is 10.1 Å². The predicted octanol–water partition coefficient (Wildman–Crippen LogP) is 3.14. The summed E-state index contributed by atoms with van der Waals surface area (Å²) in [6, 6.07) is 0. The van der Waals surface area contributed by atoms with E-state index in [1.54, 1.807) is 0 Å². The third-order valence-corrected chi connectivity index (χ3v) is 3.30. The lowest BCUT2D eigenvalue weighted by Gasteiger charge is -2.14. The summed E-state index contributed by atoms with van der Waals surface area (Å²) in [5, 5.41) is 3.51. The van der Waals surface area contributed by atoms with Crippen LogP contribution in [0.3, 0.4) is 0 Å². The van der Waals surface area contributed by atoms with Gasteiger partial charge in [0, 0.05) is 6.54 Å². The fraction of sp³-hybridized carbons (Fsp3) is 0.857. The van der Waals surface area contributed by atoms with Crippen molar-refractivity contribution in [1.82, 2.24) is 5.32 Å². The van der Waals surface area contributed by atoms with E-state index in [4.69, 9.17) is 4.74 Å². The molecule has 0 atom stereocenters. The summed E-state index contributed by atoms with van der Waals surface area (Å²) in [6.45, 7) is 7.50. The fourth-order valence-electron chi connectivity index (χ4n) is 2.29. The quantitative estimate of drug-likeness (QED) is 0.389. The highest BCUT2D eigenvalue weighted by atomic mass is 16.5. The number of rotatable bonds is 8. The van der Waals surface area contributed by atoms with Crippen molar-refractivity contribution >= 4 is 0 Å². The van der Waals surface area contributed by atoms with Crippen LogP contribution in [0.1, 0.15) is 44.9 Å². The molecular formula is C14H27NO. The first-order valence-corrected chi connectivity index (χ1v) is 6.83. The minimum atomic E-state index is 0.814. The molecule has 0 aromatic rings. The first-order valence-electron chi connectivity index (χ1n) is 6.83. The average molecular weight is 225 g/mol. The van der Waals surface area contributed by atoms with E-state index in [1.807, 2.05) is 6.08 Å². The molecule has 16 heavy (non-hydrogen) atoms. The molecule has 0 spiro atoms. The minimum Gasteiger partial charge on any atom is -0.380 e. The highest BCUT2D eigenvalue weighted by molar-refractivity contribution is 4.67. The third-order valence-electron chi connectivity index (χ3n) is 3.30. The first kappa shape index (κ1) is 13.7. The maximum absolute atomic E-state index is 5.45. The van der Waals surface area contributed by atoms with E-state index >= 15 is 0 Å². The Hall–Kier alpha value is -0.340. The summed E-state index contributed by atoms with van der Waals surface area (Å²) >= 11 is 0. The largest absolute Gasteiger partial charge is 0.380 e. The number of hydrogen-bond donors (Lipinski definition) is 1. The smallest absolute Gasteiger partial charge is 0.0591 e. The lowest BCUT2D eigenvalue weighted by atomic mass is 10.0. The maximum Gasteiger partial charge on any atom is 0.0591 e. The van der Waals surface area contributed by atoms with Gasteiger partial charge in [0.25, 0.3) is 0 Å². The zero-order valence-corrected chi connectivity index (χ0v) is 10.5. The van der Waals surface area contributed by atoms with E-state index in [2.05, 4.69) is 11.9 Å². The Morgan fingerprint density at radius 3 is 2.56 bits per heavy atom. The van der Waals surface area contributed by atoms with Crippen LogP contribution in [0.4, 0.5) is 0 Å². The summed E-state index contributed by atoms with van der Waals surface area (Å²) in [7, 11) is 0. The highest BCUT2D eigenvalue weighted by Gasteiger charge is 2.10.